The van der Waals surface area contributed by atoms with E-state index in [4.69, 9.17) is 4.74 Å². The summed E-state index contributed by atoms with van der Waals surface area (Å²) in [5.74, 6) is -1.86. The second kappa shape index (κ2) is 7.60. The van der Waals surface area contributed by atoms with Gasteiger partial charge in [0.05, 0.1) is 0 Å². The minimum atomic E-state index is -1.10. The van der Waals surface area contributed by atoms with Crippen LogP contribution in [0.15, 0.2) is 48.5 Å². The molecule has 0 bridgehead atoms. The Morgan fingerprint density at radius 3 is 2.36 bits per heavy atom. The Bertz CT molecular complexity index is 1070. The van der Waals surface area contributed by atoms with E-state index in [0.29, 0.717) is 16.5 Å². The predicted octanol–water partition coefficient (Wildman–Crippen LogP) is 4.05. The Hall–Kier alpha value is -3.54. The molecule has 0 radical (unpaired) electrons. The Morgan fingerprint density at radius 1 is 1.00 bits per heavy atom. The number of hydrogen-bond donors (Lipinski definition) is 3. The third kappa shape index (κ3) is 3.76. The van der Waals surface area contributed by atoms with Crippen molar-refractivity contribution in [1.29, 1.82) is 0 Å². The number of rotatable bonds is 4. The highest BCUT2D eigenvalue weighted by Gasteiger charge is 2.23. The summed E-state index contributed by atoms with van der Waals surface area (Å²) in [5, 5.41) is 24.0. The number of phenolic OH excluding ortho intramolecular Hbond substituents is 2. The Kier molecular flexibility index (Phi) is 5.22. The molecular weight excluding hydrogens is 358 g/mol. The van der Waals surface area contributed by atoms with Crippen LogP contribution < -0.4 is 5.32 Å². The molecule has 0 aliphatic carbocycles. The second-order valence-electron chi connectivity index (χ2n) is 6.69. The largest absolute Gasteiger partial charge is 0.507 e. The maximum absolute atomic E-state index is 12.5. The highest BCUT2D eigenvalue weighted by Crippen LogP contribution is 2.35. The molecule has 0 heterocycles. The molecule has 3 rings (SSSR count). The van der Waals surface area contributed by atoms with Crippen LogP contribution in [0.25, 0.3) is 10.8 Å². The number of phenols is 2. The van der Waals surface area contributed by atoms with E-state index in [9.17, 15) is 19.8 Å². The lowest BCUT2D eigenvalue weighted by Crippen LogP contribution is -2.30. The average Bonchev–Trinajstić information content (AvgIpc) is 2.66. The number of esters is 1. The number of ether oxygens (including phenoxy) is 1. The molecule has 28 heavy (non-hydrogen) atoms. The van der Waals surface area contributed by atoms with Crippen LogP contribution in [0, 0.1) is 13.8 Å². The molecule has 6 heteroatoms. The Balaban J connectivity index is 1.78. The fourth-order valence-electron chi connectivity index (χ4n) is 2.96. The first kappa shape index (κ1) is 19.2. The van der Waals surface area contributed by atoms with Gasteiger partial charge in [-0.1, -0.05) is 42.0 Å². The first-order chi connectivity index (χ1) is 13.3. The van der Waals surface area contributed by atoms with Gasteiger partial charge in [0.2, 0.25) is 0 Å². The molecule has 0 spiro atoms. The normalized spacial score (nSPS) is 11.8. The molecule has 0 saturated heterocycles. The topological polar surface area (TPSA) is 95.9 Å². The number of fused-ring (bicyclic) bond motifs is 1. The van der Waals surface area contributed by atoms with Gasteiger partial charge < -0.3 is 20.3 Å². The number of benzene rings is 3. The molecular formula is C22H21NO5. The standard InChI is InChI=1S/C22H21NO5/c1-12-8-9-18(13(2)10-12)23-21(26)14(3)28-22(27)17-11-19(24)15-6-4-5-7-16(15)20(17)25/h4-11,14,24-25H,1-3H3,(H,23,26)/t14-/m0/s1. The number of amides is 1. The number of carbonyl (C=O) groups is 2. The summed E-state index contributed by atoms with van der Waals surface area (Å²) in [4.78, 5) is 24.8. The average molecular weight is 379 g/mol. The number of aromatic hydroxyl groups is 2. The zero-order valence-corrected chi connectivity index (χ0v) is 15.8. The summed E-state index contributed by atoms with van der Waals surface area (Å²) >= 11 is 0. The quantitative estimate of drug-likeness (QED) is 0.469. The molecule has 1 atom stereocenters. The van der Waals surface area contributed by atoms with Crippen LogP contribution >= 0.6 is 0 Å². The number of carbonyl (C=O) groups excluding carboxylic acids is 2. The maximum atomic E-state index is 12.5. The summed E-state index contributed by atoms with van der Waals surface area (Å²) in [6.45, 7) is 5.26. The highest BCUT2D eigenvalue weighted by molar-refractivity contribution is 6.05. The lowest BCUT2D eigenvalue weighted by atomic mass is 10.0. The minimum Gasteiger partial charge on any atom is -0.507 e. The molecule has 0 aliphatic heterocycles. The summed E-state index contributed by atoms with van der Waals surface area (Å²) in [6, 6.07) is 13.3. The van der Waals surface area contributed by atoms with Crippen molar-refractivity contribution in [3.05, 3.63) is 65.2 Å². The van der Waals surface area contributed by atoms with Gasteiger partial charge in [-0.25, -0.2) is 4.79 Å². The van der Waals surface area contributed by atoms with Crippen molar-refractivity contribution in [2.75, 3.05) is 5.32 Å². The fourth-order valence-corrected chi connectivity index (χ4v) is 2.96. The van der Waals surface area contributed by atoms with E-state index in [1.54, 1.807) is 30.3 Å². The molecule has 1 amide bonds. The van der Waals surface area contributed by atoms with Crippen molar-refractivity contribution in [2.45, 2.75) is 26.9 Å². The van der Waals surface area contributed by atoms with Crippen LogP contribution in [0.2, 0.25) is 0 Å². The van der Waals surface area contributed by atoms with Crippen molar-refractivity contribution in [1.82, 2.24) is 0 Å². The van der Waals surface area contributed by atoms with Crippen LogP contribution in [0.5, 0.6) is 11.5 Å². The second-order valence-corrected chi connectivity index (χ2v) is 6.69. The van der Waals surface area contributed by atoms with E-state index in [0.717, 1.165) is 17.2 Å². The van der Waals surface area contributed by atoms with Gasteiger partial charge in [0.15, 0.2) is 6.10 Å². The van der Waals surface area contributed by atoms with E-state index in [-0.39, 0.29) is 17.1 Å². The van der Waals surface area contributed by atoms with Crippen molar-refractivity contribution >= 4 is 28.3 Å². The third-order valence-electron chi connectivity index (χ3n) is 4.51. The lowest BCUT2D eigenvalue weighted by molar-refractivity contribution is -0.123. The first-order valence-electron chi connectivity index (χ1n) is 8.80. The van der Waals surface area contributed by atoms with Crippen LogP contribution in [0.3, 0.4) is 0 Å². The third-order valence-corrected chi connectivity index (χ3v) is 4.51. The number of anilines is 1. The van der Waals surface area contributed by atoms with Crippen LogP contribution in [0.1, 0.15) is 28.4 Å². The molecule has 144 valence electrons. The zero-order chi connectivity index (χ0) is 20.4. The van der Waals surface area contributed by atoms with Gasteiger partial charge in [-0.3, -0.25) is 4.79 Å². The van der Waals surface area contributed by atoms with E-state index in [2.05, 4.69) is 5.32 Å². The summed E-state index contributed by atoms with van der Waals surface area (Å²) in [6.07, 6.45) is -1.10. The fraction of sp³-hybridized carbons (Fsp3) is 0.182. The van der Waals surface area contributed by atoms with Gasteiger partial charge in [0.25, 0.3) is 5.91 Å². The van der Waals surface area contributed by atoms with Gasteiger partial charge in [-0.05, 0) is 38.5 Å². The monoisotopic (exact) mass is 379 g/mol. The number of aryl methyl sites for hydroxylation is 2. The van der Waals surface area contributed by atoms with Crippen molar-refractivity contribution in [2.24, 2.45) is 0 Å². The smallest absolute Gasteiger partial charge is 0.342 e. The molecule has 0 saturated carbocycles. The van der Waals surface area contributed by atoms with E-state index in [1.165, 1.54) is 6.92 Å². The Labute approximate surface area is 162 Å². The summed E-state index contributed by atoms with van der Waals surface area (Å²) in [7, 11) is 0. The Morgan fingerprint density at radius 2 is 1.68 bits per heavy atom. The van der Waals surface area contributed by atoms with E-state index >= 15 is 0 Å². The van der Waals surface area contributed by atoms with Crippen LogP contribution in [-0.2, 0) is 9.53 Å². The molecule has 6 nitrogen and oxygen atoms in total. The van der Waals surface area contributed by atoms with Gasteiger partial charge in [-0.15, -0.1) is 0 Å². The van der Waals surface area contributed by atoms with E-state index in [1.807, 2.05) is 26.0 Å². The van der Waals surface area contributed by atoms with Crippen LogP contribution in [-0.4, -0.2) is 28.2 Å². The maximum Gasteiger partial charge on any atom is 0.342 e. The lowest BCUT2D eigenvalue weighted by Gasteiger charge is -2.16. The van der Waals surface area contributed by atoms with Gasteiger partial charge >= 0.3 is 5.97 Å². The van der Waals surface area contributed by atoms with Gasteiger partial charge in [0.1, 0.15) is 17.1 Å². The molecule has 3 N–H and O–H groups in total. The molecule has 0 aliphatic rings. The number of hydrogen-bond acceptors (Lipinski definition) is 5. The molecule has 0 unspecified atom stereocenters. The SMILES string of the molecule is Cc1ccc(NC(=O)[C@H](C)OC(=O)c2cc(O)c3ccccc3c2O)c(C)c1. The molecule has 0 fully saturated rings. The van der Waals surface area contributed by atoms with Gasteiger partial charge in [-0.2, -0.15) is 0 Å². The van der Waals surface area contributed by atoms with E-state index < -0.39 is 18.0 Å². The predicted molar refractivity (Wildman–Crippen MR) is 107 cm³/mol. The van der Waals surface area contributed by atoms with Crippen molar-refractivity contribution in [3.8, 4) is 11.5 Å². The summed E-state index contributed by atoms with van der Waals surface area (Å²) in [5.41, 5.74) is 2.39. The van der Waals surface area contributed by atoms with Gasteiger partial charge in [0, 0.05) is 16.5 Å². The molecule has 3 aromatic carbocycles. The summed E-state index contributed by atoms with van der Waals surface area (Å²) < 4.78 is 5.20. The zero-order valence-electron chi connectivity index (χ0n) is 15.8. The first-order valence-corrected chi connectivity index (χ1v) is 8.80. The van der Waals surface area contributed by atoms with Crippen molar-refractivity contribution < 1.29 is 24.5 Å². The van der Waals surface area contributed by atoms with Crippen molar-refractivity contribution in [3.63, 3.8) is 0 Å². The highest BCUT2D eigenvalue weighted by atomic mass is 16.5. The number of nitrogens with one attached hydrogen (secondary N) is 1. The minimum absolute atomic E-state index is 0.160. The van der Waals surface area contributed by atoms with Crippen LogP contribution in [0.4, 0.5) is 5.69 Å². The molecule has 3 aromatic rings. The molecule has 0 aromatic heterocycles.